The average Bonchev–Trinajstić information content (AvgIpc) is 2.39. The fourth-order valence-electron chi connectivity index (χ4n) is 1.30. The number of carbonyl (C=O) groups is 3. The minimum atomic E-state index is -1.33. The van der Waals surface area contributed by atoms with Crippen molar-refractivity contribution in [3.05, 3.63) is 0 Å². The number of carbonyl (C=O) groups excluding carboxylic acids is 2. The molecule has 0 bridgehead atoms. The van der Waals surface area contributed by atoms with E-state index in [0.717, 1.165) is 0 Å². The van der Waals surface area contributed by atoms with Gasteiger partial charge >= 0.3 is 17.9 Å². The van der Waals surface area contributed by atoms with Crippen molar-refractivity contribution in [2.45, 2.75) is 38.4 Å². The van der Waals surface area contributed by atoms with Gasteiger partial charge in [-0.25, -0.2) is 0 Å². The van der Waals surface area contributed by atoms with Crippen molar-refractivity contribution < 1.29 is 29.0 Å². The van der Waals surface area contributed by atoms with Crippen LogP contribution in [0.15, 0.2) is 0 Å². The molecule has 0 radical (unpaired) electrons. The van der Waals surface area contributed by atoms with Gasteiger partial charge in [-0.05, 0) is 12.3 Å². The highest BCUT2D eigenvalue weighted by atomic mass is 16.6. The van der Waals surface area contributed by atoms with Gasteiger partial charge in [-0.1, -0.05) is 13.8 Å². The van der Waals surface area contributed by atoms with Gasteiger partial charge in [0, 0.05) is 0 Å². The van der Waals surface area contributed by atoms with E-state index in [-0.39, 0.29) is 5.92 Å². The molecule has 0 aliphatic rings. The first-order valence-electron chi connectivity index (χ1n) is 6.48. The predicted molar refractivity (Wildman–Crippen MR) is 72.9 cm³/mol. The maximum Gasteiger partial charge on any atom is 0.326 e. The first-order valence-corrected chi connectivity index (χ1v) is 6.48. The van der Waals surface area contributed by atoms with Crippen LogP contribution in [-0.2, 0) is 23.9 Å². The zero-order valence-electron chi connectivity index (χ0n) is 12.2. The second-order valence-corrected chi connectivity index (χ2v) is 5.05. The van der Waals surface area contributed by atoms with E-state index < -0.39 is 49.2 Å². The molecule has 0 saturated carbocycles. The molecule has 0 amide bonds. The van der Waals surface area contributed by atoms with E-state index in [1.807, 2.05) is 13.8 Å². The zero-order valence-corrected chi connectivity index (χ0v) is 12.2. The van der Waals surface area contributed by atoms with Gasteiger partial charge in [-0.15, -0.1) is 0 Å². The van der Waals surface area contributed by atoms with E-state index in [1.54, 1.807) is 0 Å². The smallest absolute Gasteiger partial charge is 0.326 e. The van der Waals surface area contributed by atoms with Crippen LogP contribution in [0.25, 0.3) is 0 Å². The molecule has 9 heteroatoms. The van der Waals surface area contributed by atoms with Crippen LogP contribution in [0.2, 0.25) is 0 Å². The highest BCUT2D eigenvalue weighted by Crippen LogP contribution is 2.04. The third-order valence-electron chi connectivity index (χ3n) is 2.46. The van der Waals surface area contributed by atoms with Crippen molar-refractivity contribution in [2.75, 3.05) is 13.2 Å². The minimum Gasteiger partial charge on any atom is -0.480 e. The Hall–Kier alpha value is -1.71. The summed E-state index contributed by atoms with van der Waals surface area (Å²) in [4.78, 5) is 33.3. The Labute approximate surface area is 122 Å². The Morgan fingerprint density at radius 1 is 0.905 bits per heavy atom. The first kappa shape index (κ1) is 19.3. The quantitative estimate of drug-likeness (QED) is 0.358. The number of rotatable bonds is 9. The van der Waals surface area contributed by atoms with Gasteiger partial charge in [0.2, 0.25) is 0 Å². The molecule has 7 N–H and O–H groups in total. The van der Waals surface area contributed by atoms with Crippen LogP contribution in [0.3, 0.4) is 0 Å². The maximum absolute atomic E-state index is 11.5. The van der Waals surface area contributed by atoms with Gasteiger partial charge in [0.15, 0.2) is 0 Å². The monoisotopic (exact) mass is 305 g/mol. The molecule has 0 saturated heterocycles. The van der Waals surface area contributed by atoms with Gasteiger partial charge in [-0.2, -0.15) is 0 Å². The Morgan fingerprint density at radius 2 is 1.33 bits per heavy atom. The van der Waals surface area contributed by atoms with Gasteiger partial charge < -0.3 is 31.8 Å². The Balaban J connectivity index is 4.07. The molecule has 0 unspecified atom stereocenters. The van der Waals surface area contributed by atoms with E-state index in [2.05, 4.69) is 4.74 Å². The molecule has 0 aromatic heterocycles. The van der Waals surface area contributed by atoms with Crippen molar-refractivity contribution in [3.63, 3.8) is 0 Å². The summed E-state index contributed by atoms with van der Waals surface area (Å²) >= 11 is 0. The molecular weight excluding hydrogens is 282 g/mol. The van der Waals surface area contributed by atoms with Crippen molar-refractivity contribution in [1.82, 2.24) is 0 Å². The van der Waals surface area contributed by atoms with E-state index >= 15 is 0 Å². The van der Waals surface area contributed by atoms with Crippen LogP contribution in [0, 0.1) is 5.92 Å². The fraction of sp³-hybridized carbons (Fsp3) is 0.750. The maximum atomic E-state index is 11.5. The Kier molecular flexibility index (Phi) is 8.51. The number of hydrogen-bond acceptors (Lipinski definition) is 8. The third-order valence-corrected chi connectivity index (χ3v) is 2.46. The van der Waals surface area contributed by atoms with Crippen LogP contribution in [0.4, 0.5) is 0 Å². The van der Waals surface area contributed by atoms with Gasteiger partial charge in [0.05, 0.1) is 0 Å². The lowest BCUT2D eigenvalue weighted by atomic mass is 10.1. The first-order chi connectivity index (χ1) is 9.65. The fourth-order valence-corrected chi connectivity index (χ4v) is 1.30. The van der Waals surface area contributed by atoms with Crippen molar-refractivity contribution in [2.24, 2.45) is 23.1 Å². The van der Waals surface area contributed by atoms with Crippen LogP contribution in [-0.4, -0.2) is 54.4 Å². The summed E-state index contributed by atoms with van der Waals surface area (Å²) in [6, 6.07) is -3.34. The molecule has 0 aliphatic carbocycles. The summed E-state index contributed by atoms with van der Waals surface area (Å²) in [5.74, 6) is -2.64. The number of ether oxygens (including phenoxy) is 2. The Bertz CT molecular complexity index is 374. The number of carboxylic acid groups (broad SMARTS) is 1. The largest absolute Gasteiger partial charge is 0.480 e. The Morgan fingerprint density at radius 3 is 1.76 bits per heavy atom. The molecule has 0 rings (SSSR count). The molecule has 21 heavy (non-hydrogen) atoms. The molecule has 0 spiro atoms. The SMILES string of the molecule is CC(C)C[C@H](N)C(=O)OC[C@H](N)C(=O)OC[C@H](N)C(=O)O. The van der Waals surface area contributed by atoms with Gasteiger partial charge in [0.1, 0.15) is 31.3 Å². The number of carboxylic acids is 1. The highest BCUT2D eigenvalue weighted by Gasteiger charge is 2.22. The van der Waals surface area contributed by atoms with Crippen molar-refractivity contribution >= 4 is 17.9 Å². The summed E-state index contributed by atoms with van der Waals surface area (Å²) in [5.41, 5.74) is 16.2. The summed E-state index contributed by atoms with van der Waals surface area (Å²) in [7, 11) is 0. The van der Waals surface area contributed by atoms with Crippen molar-refractivity contribution in [3.8, 4) is 0 Å². The normalized spacial score (nSPS) is 15.1. The zero-order chi connectivity index (χ0) is 16.6. The molecule has 0 aliphatic heterocycles. The number of aliphatic carboxylic acids is 1. The van der Waals surface area contributed by atoms with E-state index in [1.165, 1.54) is 0 Å². The highest BCUT2D eigenvalue weighted by molar-refractivity contribution is 5.79. The summed E-state index contributed by atoms with van der Waals surface area (Å²) in [6.45, 7) is 2.90. The van der Waals surface area contributed by atoms with Crippen LogP contribution in [0.5, 0.6) is 0 Å². The topological polar surface area (TPSA) is 168 Å². The van der Waals surface area contributed by atoms with E-state index in [0.29, 0.717) is 6.42 Å². The van der Waals surface area contributed by atoms with Gasteiger partial charge in [-0.3, -0.25) is 14.4 Å². The molecule has 9 nitrogen and oxygen atoms in total. The molecular formula is C12H23N3O6. The number of esters is 2. The molecule has 3 atom stereocenters. The molecule has 0 aromatic carbocycles. The van der Waals surface area contributed by atoms with Crippen LogP contribution in [0.1, 0.15) is 20.3 Å². The second-order valence-electron chi connectivity index (χ2n) is 5.05. The van der Waals surface area contributed by atoms with Gasteiger partial charge in [0.25, 0.3) is 0 Å². The molecule has 0 fully saturated rings. The molecule has 0 aromatic rings. The van der Waals surface area contributed by atoms with E-state index in [4.69, 9.17) is 27.0 Å². The summed E-state index contributed by atoms with van der Waals surface area (Å²) < 4.78 is 9.40. The summed E-state index contributed by atoms with van der Waals surface area (Å²) in [5, 5.41) is 8.51. The minimum absolute atomic E-state index is 0.226. The lowest BCUT2D eigenvalue weighted by Gasteiger charge is -2.16. The standard InChI is InChI=1S/C12H23N3O6/c1-6(2)3-7(13)11(18)21-5-9(15)12(19)20-4-8(14)10(16)17/h6-9H,3-5,13-15H2,1-2H3,(H,16,17)/t7-,8-,9-/m0/s1. The number of nitrogens with two attached hydrogens (primary N) is 3. The average molecular weight is 305 g/mol. The predicted octanol–water partition coefficient (Wildman–Crippen LogP) is -1.81. The second kappa shape index (κ2) is 9.27. The third kappa shape index (κ3) is 8.23. The lowest BCUT2D eigenvalue weighted by molar-refractivity contribution is -0.153. The van der Waals surface area contributed by atoms with Crippen LogP contribution < -0.4 is 17.2 Å². The van der Waals surface area contributed by atoms with E-state index in [9.17, 15) is 14.4 Å². The molecule has 0 heterocycles. The summed E-state index contributed by atoms with van der Waals surface area (Å²) in [6.07, 6.45) is 0.450. The lowest BCUT2D eigenvalue weighted by Crippen LogP contribution is -2.43. The van der Waals surface area contributed by atoms with Crippen LogP contribution >= 0.6 is 0 Å². The molecule has 122 valence electrons. The van der Waals surface area contributed by atoms with Crippen molar-refractivity contribution in [1.29, 1.82) is 0 Å². The number of hydrogen-bond donors (Lipinski definition) is 4.